The summed E-state index contributed by atoms with van der Waals surface area (Å²) in [6.07, 6.45) is 4.71. The molecule has 5 heteroatoms. The van der Waals surface area contributed by atoms with Gasteiger partial charge >= 0.3 is 0 Å². The number of aromatic nitrogens is 1. The fourth-order valence-corrected chi connectivity index (χ4v) is 2.74. The van der Waals surface area contributed by atoms with Gasteiger partial charge < -0.3 is 19.9 Å². The van der Waals surface area contributed by atoms with Crippen LogP contribution in [0.15, 0.2) is 18.3 Å². The minimum atomic E-state index is -0.118. The first-order chi connectivity index (χ1) is 9.30. The maximum absolute atomic E-state index is 6.00. The van der Waals surface area contributed by atoms with Crippen molar-refractivity contribution in [2.75, 3.05) is 19.8 Å². The van der Waals surface area contributed by atoms with E-state index >= 15 is 0 Å². The summed E-state index contributed by atoms with van der Waals surface area (Å²) in [7, 11) is 0. The molecule has 1 spiro atoms. The van der Waals surface area contributed by atoms with Crippen molar-refractivity contribution in [3.8, 4) is 5.75 Å². The van der Waals surface area contributed by atoms with Gasteiger partial charge in [-0.2, -0.15) is 0 Å². The lowest BCUT2D eigenvalue weighted by Gasteiger charge is -2.36. The van der Waals surface area contributed by atoms with Crippen molar-refractivity contribution in [2.24, 2.45) is 5.73 Å². The second-order valence-electron chi connectivity index (χ2n) is 5.26. The Bertz CT molecular complexity index is 415. The second kappa shape index (κ2) is 5.45. The van der Waals surface area contributed by atoms with E-state index in [2.05, 4.69) is 4.98 Å². The Labute approximate surface area is 113 Å². The number of pyridine rings is 1. The van der Waals surface area contributed by atoms with E-state index in [1.165, 1.54) is 0 Å². The molecule has 0 aliphatic carbocycles. The topological polar surface area (TPSA) is 66.6 Å². The maximum Gasteiger partial charge on any atom is 0.138 e. The lowest BCUT2D eigenvalue weighted by Crippen LogP contribution is -2.44. The molecule has 19 heavy (non-hydrogen) atoms. The van der Waals surface area contributed by atoms with E-state index in [9.17, 15) is 0 Å². The van der Waals surface area contributed by atoms with Crippen LogP contribution in [0.25, 0.3) is 0 Å². The molecule has 3 rings (SSSR count). The van der Waals surface area contributed by atoms with Crippen LogP contribution in [0.3, 0.4) is 0 Å². The van der Waals surface area contributed by atoms with Crippen LogP contribution < -0.4 is 10.5 Å². The van der Waals surface area contributed by atoms with Gasteiger partial charge in [-0.15, -0.1) is 0 Å². The molecule has 0 bridgehead atoms. The number of ether oxygens (including phenoxy) is 3. The molecular formula is C14H20N2O3. The summed E-state index contributed by atoms with van der Waals surface area (Å²) in [6, 6.07) is 3.84. The number of nitrogens with two attached hydrogens (primary N) is 1. The summed E-state index contributed by atoms with van der Waals surface area (Å²) in [5.74, 6) is 0.804. The summed E-state index contributed by atoms with van der Waals surface area (Å²) >= 11 is 0. The molecule has 1 aromatic rings. The van der Waals surface area contributed by atoms with E-state index in [1.54, 1.807) is 6.20 Å². The zero-order valence-corrected chi connectivity index (χ0v) is 11.0. The van der Waals surface area contributed by atoms with Crippen LogP contribution >= 0.6 is 0 Å². The van der Waals surface area contributed by atoms with Gasteiger partial charge in [-0.25, -0.2) is 0 Å². The van der Waals surface area contributed by atoms with Gasteiger partial charge in [0, 0.05) is 32.4 Å². The maximum atomic E-state index is 6.00. The standard InChI is InChI=1S/C14H20N2O3/c15-8-11-1-2-13(9-16-11)19-12-3-5-18-14(7-12)4-6-17-10-14/h1-2,9,12H,3-8,10,15H2. The van der Waals surface area contributed by atoms with Gasteiger partial charge in [0.2, 0.25) is 0 Å². The molecular weight excluding hydrogens is 244 g/mol. The summed E-state index contributed by atoms with van der Waals surface area (Å²) in [5, 5.41) is 0. The van der Waals surface area contributed by atoms with E-state index in [-0.39, 0.29) is 11.7 Å². The first kappa shape index (κ1) is 12.8. The molecule has 0 amide bonds. The Hall–Kier alpha value is -1.17. The largest absolute Gasteiger partial charge is 0.489 e. The predicted octanol–water partition coefficient (Wildman–Crippen LogP) is 1.26. The van der Waals surface area contributed by atoms with E-state index < -0.39 is 0 Å². The first-order valence-electron chi connectivity index (χ1n) is 6.83. The number of hydrogen-bond donors (Lipinski definition) is 1. The quantitative estimate of drug-likeness (QED) is 0.890. The Morgan fingerprint density at radius 1 is 1.42 bits per heavy atom. The summed E-state index contributed by atoms with van der Waals surface area (Å²) in [4.78, 5) is 4.25. The number of nitrogens with zero attached hydrogens (tertiary/aromatic N) is 1. The molecule has 2 aliphatic heterocycles. The van der Waals surface area contributed by atoms with Crippen LogP contribution in [-0.2, 0) is 16.0 Å². The smallest absolute Gasteiger partial charge is 0.138 e. The molecule has 5 nitrogen and oxygen atoms in total. The summed E-state index contributed by atoms with van der Waals surface area (Å²) in [5.41, 5.74) is 6.29. The third-order valence-electron chi connectivity index (χ3n) is 3.82. The van der Waals surface area contributed by atoms with Crippen molar-refractivity contribution in [1.29, 1.82) is 0 Å². The summed E-state index contributed by atoms with van der Waals surface area (Å²) < 4.78 is 17.4. The normalized spacial score (nSPS) is 30.7. The van der Waals surface area contributed by atoms with Gasteiger partial charge in [-0.1, -0.05) is 0 Å². The van der Waals surface area contributed by atoms with Crippen molar-refractivity contribution >= 4 is 0 Å². The predicted molar refractivity (Wildman–Crippen MR) is 69.9 cm³/mol. The average Bonchev–Trinajstić information content (AvgIpc) is 2.88. The van der Waals surface area contributed by atoms with Crippen LogP contribution in [-0.4, -0.2) is 36.5 Å². The fourth-order valence-electron chi connectivity index (χ4n) is 2.74. The molecule has 2 N–H and O–H groups in total. The Balaban J connectivity index is 1.62. The van der Waals surface area contributed by atoms with Crippen LogP contribution in [0.5, 0.6) is 5.75 Å². The zero-order valence-electron chi connectivity index (χ0n) is 11.0. The van der Waals surface area contributed by atoms with Crippen LogP contribution in [0.2, 0.25) is 0 Å². The Kier molecular flexibility index (Phi) is 3.68. The van der Waals surface area contributed by atoms with Gasteiger partial charge in [0.25, 0.3) is 0 Å². The van der Waals surface area contributed by atoms with Gasteiger partial charge in [0.1, 0.15) is 11.9 Å². The number of hydrogen-bond acceptors (Lipinski definition) is 5. The average molecular weight is 264 g/mol. The molecule has 0 saturated carbocycles. The molecule has 104 valence electrons. The molecule has 2 saturated heterocycles. The lowest BCUT2D eigenvalue weighted by molar-refractivity contribution is -0.112. The summed E-state index contributed by atoms with van der Waals surface area (Å²) in [6.45, 7) is 2.68. The van der Waals surface area contributed by atoms with Crippen LogP contribution in [0.4, 0.5) is 0 Å². The fraction of sp³-hybridized carbons (Fsp3) is 0.643. The van der Waals surface area contributed by atoms with Crippen molar-refractivity contribution in [2.45, 2.75) is 37.5 Å². The molecule has 2 fully saturated rings. The third-order valence-corrected chi connectivity index (χ3v) is 3.82. The van der Waals surface area contributed by atoms with Gasteiger partial charge in [-0.05, 0) is 12.1 Å². The highest BCUT2D eigenvalue weighted by Crippen LogP contribution is 2.34. The molecule has 3 heterocycles. The van der Waals surface area contributed by atoms with E-state index in [1.807, 2.05) is 12.1 Å². The van der Waals surface area contributed by atoms with Crippen molar-refractivity contribution in [1.82, 2.24) is 4.98 Å². The highest BCUT2D eigenvalue weighted by molar-refractivity contribution is 5.20. The molecule has 1 aromatic heterocycles. The van der Waals surface area contributed by atoms with E-state index in [0.29, 0.717) is 13.2 Å². The third kappa shape index (κ3) is 2.88. The SMILES string of the molecule is NCc1ccc(OC2CCOC3(CCOC3)C2)cn1. The van der Waals surface area contributed by atoms with E-state index in [0.717, 1.165) is 43.9 Å². The van der Waals surface area contributed by atoms with Gasteiger partial charge in [-0.3, -0.25) is 4.98 Å². The highest BCUT2D eigenvalue weighted by atomic mass is 16.6. The molecule has 0 aromatic carbocycles. The van der Waals surface area contributed by atoms with E-state index in [4.69, 9.17) is 19.9 Å². The zero-order chi connectivity index (χ0) is 13.1. The van der Waals surface area contributed by atoms with Gasteiger partial charge in [0.05, 0.1) is 30.7 Å². The molecule has 2 atom stereocenters. The lowest BCUT2D eigenvalue weighted by atomic mass is 9.91. The van der Waals surface area contributed by atoms with Crippen LogP contribution in [0.1, 0.15) is 25.0 Å². The molecule has 2 aliphatic rings. The second-order valence-corrected chi connectivity index (χ2v) is 5.26. The van der Waals surface area contributed by atoms with Gasteiger partial charge in [0.15, 0.2) is 0 Å². The van der Waals surface area contributed by atoms with Crippen LogP contribution in [0, 0.1) is 0 Å². The number of rotatable bonds is 3. The minimum absolute atomic E-state index is 0.118. The molecule has 2 unspecified atom stereocenters. The molecule has 0 radical (unpaired) electrons. The Morgan fingerprint density at radius 3 is 3.05 bits per heavy atom. The van der Waals surface area contributed by atoms with Crippen molar-refractivity contribution in [3.05, 3.63) is 24.0 Å². The first-order valence-corrected chi connectivity index (χ1v) is 6.83. The van der Waals surface area contributed by atoms with Crippen molar-refractivity contribution in [3.63, 3.8) is 0 Å². The monoisotopic (exact) mass is 264 g/mol. The Morgan fingerprint density at radius 2 is 2.37 bits per heavy atom. The van der Waals surface area contributed by atoms with Crippen molar-refractivity contribution < 1.29 is 14.2 Å². The highest BCUT2D eigenvalue weighted by Gasteiger charge is 2.41. The minimum Gasteiger partial charge on any atom is -0.489 e.